The number of aldehydes is 1. The van der Waals surface area contributed by atoms with Gasteiger partial charge in [-0.1, -0.05) is 6.07 Å². The summed E-state index contributed by atoms with van der Waals surface area (Å²) < 4.78 is 0. The first kappa shape index (κ1) is 8.62. The molecule has 0 atom stereocenters. The van der Waals surface area contributed by atoms with E-state index in [9.17, 15) is 4.79 Å². The van der Waals surface area contributed by atoms with E-state index in [0.717, 1.165) is 5.56 Å². The predicted molar refractivity (Wildman–Crippen MR) is 45.4 cm³/mol. The summed E-state index contributed by atoms with van der Waals surface area (Å²) in [6.07, 6.45) is 5.50. The number of carbonyl (C=O) groups excluding carboxylic acids is 1. The van der Waals surface area contributed by atoms with Crippen LogP contribution in [0.25, 0.3) is 6.08 Å². The molecule has 0 radical (unpaired) electrons. The molecule has 0 aliphatic rings. The molecule has 12 heavy (non-hydrogen) atoms. The first-order chi connectivity index (χ1) is 5.86. The van der Waals surface area contributed by atoms with Crippen molar-refractivity contribution in [3.05, 3.63) is 35.7 Å². The summed E-state index contributed by atoms with van der Waals surface area (Å²) >= 11 is 0. The molecule has 1 N–H and O–H groups in total. The molecule has 1 aromatic heterocycles. The molecule has 1 heterocycles. The van der Waals surface area contributed by atoms with Gasteiger partial charge in [0, 0.05) is 18.0 Å². The van der Waals surface area contributed by atoms with Gasteiger partial charge in [-0.2, -0.15) is 0 Å². The number of aliphatic hydroxyl groups is 1. The van der Waals surface area contributed by atoms with E-state index in [2.05, 4.69) is 4.98 Å². The van der Waals surface area contributed by atoms with Crippen molar-refractivity contribution in [2.45, 2.75) is 0 Å². The summed E-state index contributed by atoms with van der Waals surface area (Å²) in [5.74, 6) is 0. The van der Waals surface area contributed by atoms with Gasteiger partial charge in [0.2, 0.25) is 0 Å². The molecule has 1 rings (SSSR count). The summed E-state index contributed by atoms with van der Waals surface area (Å²) in [4.78, 5) is 14.2. The van der Waals surface area contributed by atoms with Crippen LogP contribution in [0, 0.1) is 0 Å². The summed E-state index contributed by atoms with van der Waals surface area (Å²) in [5, 5.41) is 8.67. The lowest BCUT2D eigenvalue weighted by Gasteiger charge is -1.93. The number of carbonyl (C=O) groups is 1. The molecule has 1 aromatic rings. The Morgan fingerprint density at radius 2 is 2.50 bits per heavy atom. The molecule has 0 saturated heterocycles. The van der Waals surface area contributed by atoms with Gasteiger partial charge < -0.3 is 5.11 Å². The van der Waals surface area contributed by atoms with Crippen LogP contribution in [-0.2, 0) is 4.79 Å². The second-order valence-corrected chi connectivity index (χ2v) is 2.28. The molecule has 3 nitrogen and oxygen atoms in total. The highest BCUT2D eigenvalue weighted by Gasteiger charge is 1.92. The standard InChI is InChI=1S/C9H9NO2/c11-6-9(7-12)4-8-2-1-3-10-5-8/h1-6,12H,7H2. The van der Waals surface area contributed by atoms with Gasteiger partial charge in [0.15, 0.2) is 0 Å². The van der Waals surface area contributed by atoms with Gasteiger partial charge in [0.1, 0.15) is 6.29 Å². The second kappa shape index (κ2) is 4.41. The number of aliphatic hydroxyl groups excluding tert-OH is 1. The molecule has 0 spiro atoms. The predicted octanol–water partition coefficient (Wildman–Crippen LogP) is 0.656. The molecule has 0 fully saturated rings. The highest BCUT2D eigenvalue weighted by Crippen LogP contribution is 2.02. The van der Waals surface area contributed by atoms with E-state index in [1.165, 1.54) is 0 Å². The fourth-order valence-corrected chi connectivity index (χ4v) is 0.792. The van der Waals surface area contributed by atoms with Crippen LogP contribution in [0.5, 0.6) is 0 Å². The number of hydrogen-bond acceptors (Lipinski definition) is 3. The topological polar surface area (TPSA) is 50.2 Å². The number of rotatable bonds is 3. The quantitative estimate of drug-likeness (QED) is 0.526. The third-order valence-corrected chi connectivity index (χ3v) is 1.37. The monoisotopic (exact) mass is 163 g/mol. The van der Waals surface area contributed by atoms with Crippen molar-refractivity contribution in [2.75, 3.05) is 6.61 Å². The van der Waals surface area contributed by atoms with E-state index in [1.54, 1.807) is 24.5 Å². The Kier molecular flexibility index (Phi) is 3.17. The second-order valence-electron chi connectivity index (χ2n) is 2.28. The van der Waals surface area contributed by atoms with Gasteiger partial charge in [-0.25, -0.2) is 0 Å². The van der Waals surface area contributed by atoms with Crippen LogP contribution >= 0.6 is 0 Å². The molecular formula is C9H9NO2. The third-order valence-electron chi connectivity index (χ3n) is 1.37. The van der Waals surface area contributed by atoms with Crippen molar-refractivity contribution >= 4 is 12.4 Å². The SMILES string of the molecule is O=CC(=Cc1cccnc1)CO. The van der Waals surface area contributed by atoms with E-state index in [-0.39, 0.29) is 6.61 Å². The van der Waals surface area contributed by atoms with Gasteiger partial charge in [0.05, 0.1) is 6.61 Å². The van der Waals surface area contributed by atoms with Crippen LogP contribution in [0.1, 0.15) is 5.56 Å². The summed E-state index contributed by atoms with van der Waals surface area (Å²) in [7, 11) is 0. The molecule has 0 bridgehead atoms. The summed E-state index contributed by atoms with van der Waals surface area (Å²) in [6.45, 7) is -0.238. The average molecular weight is 163 g/mol. The molecule has 0 amide bonds. The minimum absolute atomic E-state index is 0.238. The highest BCUT2D eigenvalue weighted by molar-refractivity contribution is 5.81. The highest BCUT2D eigenvalue weighted by atomic mass is 16.3. The van der Waals surface area contributed by atoms with Crippen LogP contribution in [0.2, 0.25) is 0 Å². The van der Waals surface area contributed by atoms with E-state index in [4.69, 9.17) is 5.11 Å². The van der Waals surface area contributed by atoms with Crippen molar-refractivity contribution in [1.82, 2.24) is 4.98 Å². The lowest BCUT2D eigenvalue weighted by molar-refractivity contribution is -0.105. The maximum atomic E-state index is 10.3. The number of pyridine rings is 1. The Hall–Kier alpha value is -1.48. The normalized spacial score (nSPS) is 11.2. The van der Waals surface area contributed by atoms with Gasteiger partial charge in [-0.05, 0) is 17.7 Å². The van der Waals surface area contributed by atoms with Crippen LogP contribution in [0.3, 0.4) is 0 Å². The van der Waals surface area contributed by atoms with Gasteiger partial charge in [0.25, 0.3) is 0 Å². The first-order valence-corrected chi connectivity index (χ1v) is 3.53. The maximum absolute atomic E-state index is 10.3. The fraction of sp³-hybridized carbons (Fsp3) is 0.111. The molecule has 0 aliphatic heterocycles. The van der Waals surface area contributed by atoms with E-state index in [0.29, 0.717) is 11.9 Å². The van der Waals surface area contributed by atoms with Crippen molar-refractivity contribution in [2.24, 2.45) is 0 Å². The Bertz CT molecular complexity index is 280. The zero-order valence-electron chi connectivity index (χ0n) is 6.47. The largest absolute Gasteiger partial charge is 0.392 e. The molecular weight excluding hydrogens is 154 g/mol. The minimum Gasteiger partial charge on any atom is -0.392 e. The van der Waals surface area contributed by atoms with Gasteiger partial charge in [-0.15, -0.1) is 0 Å². The molecule has 0 aromatic carbocycles. The van der Waals surface area contributed by atoms with Crippen LogP contribution in [-0.4, -0.2) is 23.0 Å². The van der Waals surface area contributed by atoms with Crippen LogP contribution in [0.4, 0.5) is 0 Å². The van der Waals surface area contributed by atoms with Crippen LogP contribution in [0.15, 0.2) is 30.1 Å². The lowest BCUT2D eigenvalue weighted by Crippen LogP contribution is -1.90. The summed E-state index contributed by atoms with van der Waals surface area (Å²) in [5.41, 5.74) is 1.16. The van der Waals surface area contributed by atoms with Gasteiger partial charge in [-0.3, -0.25) is 9.78 Å². The molecule has 62 valence electrons. The fourth-order valence-electron chi connectivity index (χ4n) is 0.792. The smallest absolute Gasteiger partial charge is 0.148 e. The molecule has 0 unspecified atom stereocenters. The van der Waals surface area contributed by atoms with Crippen molar-refractivity contribution in [3.63, 3.8) is 0 Å². The zero-order valence-corrected chi connectivity index (χ0v) is 6.47. The minimum atomic E-state index is -0.238. The number of nitrogens with zero attached hydrogens (tertiary/aromatic N) is 1. The summed E-state index contributed by atoms with van der Waals surface area (Å²) in [6, 6.07) is 3.58. The lowest BCUT2D eigenvalue weighted by atomic mass is 10.2. The Morgan fingerprint density at radius 1 is 1.67 bits per heavy atom. The van der Waals surface area contributed by atoms with E-state index >= 15 is 0 Å². The molecule has 0 aliphatic carbocycles. The maximum Gasteiger partial charge on any atom is 0.148 e. The number of aromatic nitrogens is 1. The van der Waals surface area contributed by atoms with E-state index < -0.39 is 0 Å². The van der Waals surface area contributed by atoms with E-state index in [1.807, 2.05) is 6.07 Å². The Labute approximate surface area is 70.4 Å². The Morgan fingerprint density at radius 3 is 3.00 bits per heavy atom. The number of hydrogen-bond donors (Lipinski definition) is 1. The Balaban J connectivity index is 2.86. The first-order valence-electron chi connectivity index (χ1n) is 3.53. The molecule has 3 heteroatoms. The van der Waals surface area contributed by atoms with Crippen LogP contribution < -0.4 is 0 Å². The van der Waals surface area contributed by atoms with Crippen molar-refractivity contribution in [1.29, 1.82) is 0 Å². The van der Waals surface area contributed by atoms with Crippen molar-refractivity contribution in [3.8, 4) is 0 Å². The molecule has 0 saturated carbocycles. The van der Waals surface area contributed by atoms with Gasteiger partial charge >= 0.3 is 0 Å². The third kappa shape index (κ3) is 2.29. The zero-order chi connectivity index (χ0) is 8.81. The average Bonchev–Trinajstić information content (AvgIpc) is 2.16. The van der Waals surface area contributed by atoms with Crippen molar-refractivity contribution < 1.29 is 9.90 Å².